The van der Waals surface area contributed by atoms with Crippen LogP contribution in [0.25, 0.3) is 0 Å². The molecule has 0 saturated heterocycles. The maximum absolute atomic E-state index is 12.1. The quantitative estimate of drug-likeness (QED) is 0.509. The highest BCUT2D eigenvalue weighted by Gasteiger charge is 2.13. The third kappa shape index (κ3) is 4.52. The lowest BCUT2D eigenvalue weighted by Gasteiger charge is -2.11. The Morgan fingerprint density at radius 1 is 1.32 bits per heavy atom. The molecule has 0 fully saturated rings. The van der Waals surface area contributed by atoms with Gasteiger partial charge in [0.2, 0.25) is 0 Å². The van der Waals surface area contributed by atoms with E-state index in [0.717, 1.165) is 9.13 Å². The average Bonchev–Trinajstić information content (AvgIpc) is 2.41. The molecule has 1 aromatic heterocycles. The summed E-state index contributed by atoms with van der Waals surface area (Å²) in [7, 11) is 0. The average molecular weight is 466 g/mol. The maximum atomic E-state index is 12.1. The minimum Gasteiger partial charge on any atom is -0.317 e. The fourth-order valence-corrected chi connectivity index (χ4v) is 2.94. The molecule has 1 heterocycles. The molecular formula is C14H10Cl2IN3OS. The van der Waals surface area contributed by atoms with Gasteiger partial charge in [-0.05, 0) is 71.6 Å². The van der Waals surface area contributed by atoms with Crippen molar-refractivity contribution >= 4 is 74.8 Å². The number of amides is 1. The van der Waals surface area contributed by atoms with Crippen molar-refractivity contribution in [3.63, 3.8) is 0 Å². The molecule has 114 valence electrons. The molecule has 0 atom stereocenters. The van der Waals surface area contributed by atoms with E-state index < -0.39 is 5.91 Å². The van der Waals surface area contributed by atoms with E-state index in [1.807, 2.05) is 13.0 Å². The summed E-state index contributed by atoms with van der Waals surface area (Å²) in [5, 5.41) is 6.31. The molecule has 8 heteroatoms. The van der Waals surface area contributed by atoms with Crippen molar-refractivity contribution in [2.24, 2.45) is 0 Å². The zero-order valence-electron chi connectivity index (χ0n) is 11.3. The highest BCUT2D eigenvalue weighted by Crippen LogP contribution is 2.21. The van der Waals surface area contributed by atoms with E-state index in [4.69, 9.17) is 35.4 Å². The number of thiocarbonyl (C=S) groups is 1. The second-order valence-corrected chi connectivity index (χ2v) is 6.85. The summed E-state index contributed by atoms with van der Waals surface area (Å²) in [6.45, 7) is 1.90. The molecule has 0 saturated carbocycles. The number of halogens is 3. The molecule has 1 aromatic carbocycles. The summed E-state index contributed by atoms with van der Waals surface area (Å²) in [4.78, 5) is 16.4. The van der Waals surface area contributed by atoms with Crippen LogP contribution in [0.1, 0.15) is 15.9 Å². The van der Waals surface area contributed by atoms with Gasteiger partial charge in [-0.15, -0.1) is 0 Å². The number of aryl methyl sites for hydroxylation is 1. The number of nitrogens with one attached hydrogen (secondary N) is 2. The van der Waals surface area contributed by atoms with Crippen LogP contribution in [-0.2, 0) is 0 Å². The van der Waals surface area contributed by atoms with Crippen LogP contribution in [0.5, 0.6) is 0 Å². The van der Waals surface area contributed by atoms with Gasteiger partial charge in [0, 0.05) is 14.8 Å². The minimum absolute atomic E-state index is 0.146. The Morgan fingerprint density at radius 3 is 2.68 bits per heavy atom. The van der Waals surface area contributed by atoms with Crippen LogP contribution < -0.4 is 10.6 Å². The van der Waals surface area contributed by atoms with Gasteiger partial charge in [0.1, 0.15) is 5.82 Å². The van der Waals surface area contributed by atoms with Crippen LogP contribution in [0.2, 0.25) is 10.0 Å². The van der Waals surface area contributed by atoms with E-state index in [1.54, 1.807) is 12.3 Å². The van der Waals surface area contributed by atoms with Crippen molar-refractivity contribution in [1.82, 2.24) is 10.3 Å². The Hall–Kier alpha value is -0.960. The van der Waals surface area contributed by atoms with E-state index in [2.05, 4.69) is 38.2 Å². The first-order valence-electron chi connectivity index (χ1n) is 6.06. The Labute approximate surface area is 156 Å². The van der Waals surface area contributed by atoms with Gasteiger partial charge in [-0.1, -0.05) is 23.2 Å². The van der Waals surface area contributed by atoms with Gasteiger partial charge >= 0.3 is 0 Å². The fourth-order valence-electron chi connectivity index (χ4n) is 1.65. The van der Waals surface area contributed by atoms with Crippen LogP contribution in [0.15, 0.2) is 30.5 Å². The zero-order chi connectivity index (χ0) is 16.3. The molecule has 0 spiro atoms. The first-order valence-corrected chi connectivity index (χ1v) is 8.30. The number of anilines is 1. The summed E-state index contributed by atoms with van der Waals surface area (Å²) in [6.07, 6.45) is 1.70. The minimum atomic E-state index is -0.415. The monoisotopic (exact) mass is 465 g/mol. The third-order valence-corrected chi connectivity index (χ3v) is 4.02. The number of hydrogen-bond acceptors (Lipinski definition) is 3. The first kappa shape index (κ1) is 17.4. The van der Waals surface area contributed by atoms with Crippen LogP contribution in [0, 0.1) is 10.5 Å². The molecule has 4 nitrogen and oxygen atoms in total. The Morgan fingerprint density at radius 2 is 2.05 bits per heavy atom. The summed E-state index contributed by atoms with van der Waals surface area (Å²) < 4.78 is 1.02. The topological polar surface area (TPSA) is 54.0 Å². The molecular weight excluding hydrogens is 456 g/mol. The van der Waals surface area contributed by atoms with Crippen LogP contribution in [0.4, 0.5) is 5.82 Å². The Bertz CT molecular complexity index is 755. The van der Waals surface area contributed by atoms with Crippen LogP contribution in [-0.4, -0.2) is 16.0 Å². The number of nitrogens with zero attached hydrogens (tertiary/aromatic N) is 1. The number of benzene rings is 1. The van der Waals surface area contributed by atoms with Gasteiger partial charge in [0.25, 0.3) is 5.91 Å². The molecule has 0 unspecified atom stereocenters. The SMILES string of the molecule is Cc1cc(I)cnc1NC(=S)NC(=O)c1ccc(Cl)cc1Cl. The molecule has 0 radical (unpaired) electrons. The zero-order valence-corrected chi connectivity index (χ0v) is 15.8. The van der Waals surface area contributed by atoms with Crippen molar-refractivity contribution < 1.29 is 4.79 Å². The molecule has 0 aliphatic heterocycles. The highest BCUT2D eigenvalue weighted by molar-refractivity contribution is 14.1. The smallest absolute Gasteiger partial charge is 0.258 e. The second-order valence-electron chi connectivity index (χ2n) is 4.35. The second kappa shape index (κ2) is 7.54. The summed E-state index contributed by atoms with van der Waals surface area (Å²) >= 11 is 19.1. The number of aromatic nitrogens is 1. The highest BCUT2D eigenvalue weighted by atomic mass is 127. The van der Waals surface area contributed by atoms with Crippen LogP contribution >= 0.6 is 58.0 Å². The maximum Gasteiger partial charge on any atom is 0.258 e. The molecule has 2 aromatic rings. The molecule has 0 bridgehead atoms. The molecule has 2 rings (SSSR count). The van der Waals surface area contributed by atoms with Crippen LogP contribution in [0.3, 0.4) is 0 Å². The molecule has 2 N–H and O–H groups in total. The van der Waals surface area contributed by atoms with Crippen molar-refractivity contribution in [2.75, 3.05) is 5.32 Å². The van der Waals surface area contributed by atoms with Crippen molar-refractivity contribution in [3.8, 4) is 0 Å². The van der Waals surface area contributed by atoms with Gasteiger partial charge < -0.3 is 5.32 Å². The number of rotatable bonds is 2. The lowest BCUT2D eigenvalue weighted by atomic mass is 10.2. The van der Waals surface area contributed by atoms with Crippen molar-refractivity contribution in [1.29, 1.82) is 0 Å². The summed E-state index contributed by atoms with van der Waals surface area (Å²) in [6, 6.07) is 6.58. The van der Waals surface area contributed by atoms with Gasteiger partial charge in [-0.3, -0.25) is 10.1 Å². The molecule has 0 aliphatic rings. The van der Waals surface area contributed by atoms with E-state index in [0.29, 0.717) is 16.4 Å². The molecule has 0 aliphatic carbocycles. The number of pyridine rings is 1. The van der Waals surface area contributed by atoms with Gasteiger partial charge in [0.15, 0.2) is 5.11 Å². The lowest BCUT2D eigenvalue weighted by Crippen LogP contribution is -2.34. The summed E-state index contributed by atoms with van der Waals surface area (Å²) in [5.74, 6) is 0.176. The molecule has 22 heavy (non-hydrogen) atoms. The predicted molar refractivity (Wildman–Crippen MR) is 102 cm³/mol. The summed E-state index contributed by atoms with van der Waals surface area (Å²) in [5.41, 5.74) is 1.22. The number of hydrogen-bond donors (Lipinski definition) is 2. The fraction of sp³-hybridized carbons (Fsp3) is 0.0714. The third-order valence-electron chi connectivity index (χ3n) is 2.68. The van der Waals surface area contributed by atoms with Gasteiger partial charge in [-0.2, -0.15) is 0 Å². The molecule has 1 amide bonds. The Kier molecular flexibility index (Phi) is 5.96. The van der Waals surface area contributed by atoms with Gasteiger partial charge in [0.05, 0.1) is 10.6 Å². The van der Waals surface area contributed by atoms with Gasteiger partial charge in [-0.25, -0.2) is 4.98 Å². The van der Waals surface area contributed by atoms with E-state index >= 15 is 0 Å². The first-order chi connectivity index (χ1) is 10.4. The van der Waals surface area contributed by atoms with Crippen molar-refractivity contribution in [3.05, 3.63) is 55.2 Å². The lowest BCUT2D eigenvalue weighted by molar-refractivity contribution is 0.0978. The number of carbonyl (C=O) groups is 1. The van der Waals surface area contributed by atoms with E-state index in [9.17, 15) is 4.79 Å². The normalized spacial score (nSPS) is 10.2. The number of carbonyl (C=O) groups excluding carboxylic acids is 1. The Balaban J connectivity index is 2.06. The van der Waals surface area contributed by atoms with Crippen molar-refractivity contribution in [2.45, 2.75) is 6.92 Å². The standard InChI is InChI=1S/C14H10Cl2IN3OS/c1-7-4-9(17)6-18-12(7)19-14(22)20-13(21)10-3-2-8(15)5-11(10)16/h2-6H,1H3,(H2,18,19,20,21,22). The van der Waals surface area contributed by atoms with E-state index in [1.165, 1.54) is 12.1 Å². The van der Waals surface area contributed by atoms with E-state index in [-0.39, 0.29) is 10.1 Å². The predicted octanol–water partition coefficient (Wildman–Crippen LogP) is 4.43. The largest absolute Gasteiger partial charge is 0.317 e.